The summed E-state index contributed by atoms with van der Waals surface area (Å²) in [5.74, 6) is 0.488. The number of rotatable bonds is 7. The van der Waals surface area contributed by atoms with Crippen LogP contribution >= 0.6 is 22.9 Å². The zero-order valence-electron chi connectivity index (χ0n) is 15.5. The molecule has 0 aliphatic carbocycles. The summed E-state index contributed by atoms with van der Waals surface area (Å²) in [6.07, 6.45) is 2.68. The first-order valence-electron chi connectivity index (χ1n) is 8.54. The molecule has 3 rings (SSSR count). The lowest BCUT2D eigenvalue weighted by Crippen LogP contribution is -2.18. The van der Waals surface area contributed by atoms with Crippen LogP contribution in [0.4, 0.5) is 10.8 Å². The van der Waals surface area contributed by atoms with Gasteiger partial charge in [-0.2, -0.15) is 0 Å². The molecule has 0 aliphatic rings. The smallest absolute Gasteiger partial charge is 0.288 e. The quantitative estimate of drug-likeness (QED) is 0.317. The standard InChI is InChI=1S/C19H15ClN4O5S/c1-11(25)21-9-13-4-6-17(29-13)15-10-30-19(22-15)23-18(26)7-3-12-2-5-14(20)16(8-12)24(27)28/h2-8,10H,9H2,1H3,(H,21,25)(H,22,23,26)/b7-3+. The van der Waals surface area contributed by atoms with Crippen LogP contribution in [0, 0.1) is 10.1 Å². The molecule has 2 aromatic heterocycles. The van der Waals surface area contributed by atoms with Gasteiger partial charge in [0.25, 0.3) is 5.69 Å². The van der Waals surface area contributed by atoms with Gasteiger partial charge in [0.1, 0.15) is 16.5 Å². The van der Waals surface area contributed by atoms with Gasteiger partial charge in [0.2, 0.25) is 11.8 Å². The lowest BCUT2D eigenvalue weighted by atomic mass is 10.2. The molecule has 2 N–H and O–H groups in total. The fraction of sp³-hybridized carbons (Fsp3) is 0.105. The van der Waals surface area contributed by atoms with Crippen LogP contribution in [0.25, 0.3) is 17.5 Å². The van der Waals surface area contributed by atoms with Gasteiger partial charge < -0.3 is 9.73 Å². The predicted octanol–water partition coefficient (Wildman–Crippen LogP) is 4.25. The minimum Gasteiger partial charge on any atom is -0.458 e. The summed E-state index contributed by atoms with van der Waals surface area (Å²) in [5.41, 5.74) is 0.769. The fourth-order valence-corrected chi connectivity index (χ4v) is 3.25. The van der Waals surface area contributed by atoms with E-state index in [0.717, 1.165) is 0 Å². The van der Waals surface area contributed by atoms with E-state index in [1.807, 2.05) is 0 Å². The summed E-state index contributed by atoms with van der Waals surface area (Å²) in [6.45, 7) is 1.69. The zero-order chi connectivity index (χ0) is 21.7. The second-order valence-corrected chi connectivity index (χ2v) is 7.27. The number of thiazole rings is 1. The Labute approximate surface area is 179 Å². The normalized spacial score (nSPS) is 10.9. The van der Waals surface area contributed by atoms with Crippen molar-refractivity contribution < 1.29 is 18.9 Å². The highest BCUT2D eigenvalue weighted by Gasteiger charge is 2.13. The molecule has 0 bridgehead atoms. The Balaban J connectivity index is 1.62. The number of amides is 2. The van der Waals surface area contributed by atoms with Crippen LogP contribution in [0.5, 0.6) is 0 Å². The van der Waals surface area contributed by atoms with Gasteiger partial charge in [0.15, 0.2) is 10.9 Å². The summed E-state index contributed by atoms with van der Waals surface area (Å²) in [4.78, 5) is 37.7. The number of benzene rings is 1. The number of nitro benzene ring substituents is 1. The average molecular weight is 447 g/mol. The molecule has 0 fully saturated rings. The SMILES string of the molecule is CC(=O)NCc1ccc(-c2csc(NC(=O)/C=C/c3ccc(Cl)c([N+](=O)[O-])c3)n2)o1. The van der Waals surface area contributed by atoms with E-state index in [9.17, 15) is 19.7 Å². The number of aromatic nitrogens is 1. The number of halogens is 1. The van der Waals surface area contributed by atoms with Gasteiger partial charge >= 0.3 is 0 Å². The third-order valence-electron chi connectivity index (χ3n) is 3.75. The Kier molecular flexibility index (Phi) is 6.60. The van der Waals surface area contributed by atoms with E-state index in [-0.39, 0.29) is 23.2 Å². The van der Waals surface area contributed by atoms with Gasteiger partial charge in [0.05, 0.1) is 11.5 Å². The van der Waals surface area contributed by atoms with Crippen LogP contribution < -0.4 is 10.6 Å². The first-order chi connectivity index (χ1) is 14.3. The van der Waals surface area contributed by atoms with E-state index in [0.29, 0.717) is 27.9 Å². The van der Waals surface area contributed by atoms with Gasteiger partial charge in [-0.3, -0.25) is 25.0 Å². The highest BCUT2D eigenvalue weighted by molar-refractivity contribution is 7.14. The average Bonchev–Trinajstić information content (AvgIpc) is 3.34. The van der Waals surface area contributed by atoms with Crippen molar-refractivity contribution >= 4 is 51.6 Å². The third-order valence-corrected chi connectivity index (χ3v) is 4.83. The predicted molar refractivity (Wildman–Crippen MR) is 113 cm³/mol. The Morgan fingerprint density at radius 2 is 2.13 bits per heavy atom. The molecule has 3 aromatic rings. The van der Waals surface area contributed by atoms with E-state index < -0.39 is 10.8 Å². The Morgan fingerprint density at radius 3 is 2.87 bits per heavy atom. The molecule has 1 aromatic carbocycles. The molecule has 30 heavy (non-hydrogen) atoms. The molecule has 0 saturated heterocycles. The van der Waals surface area contributed by atoms with Crippen molar-refractivity contribution in [2.45, 2.75) is 13.5 Å². The summed E-state index contributed by atoms with van der Waals surface area (Å²) in [5, 5.41) is 18.3. The molecule has 0 saturated carbocycles. The van der Waals surface area contributed by atoms with E-state index in [4.69, 9.17) is 16.0 Å². The highest BCUT2D eigenvalue weighted by atomic mass is 35.5. The van der Waals surface area contributed by atoms with Crippen LogP contribution in [0.3, 0.4) is 0 Å². The van der Waals surface area contributed by atoms with Crippen molar-refractivity contribution in [3.63, 3.8) is 0 Å². The van der Waals surface area contributed by atoms with Crippen LogP contribution in [0.2, 0.25) is 5.02 Å². The van der Waals surface area contributed by atoms with Crippen molar-refractivity contribution in [2.75, 3.05) is 5.32 Å². The molecular formula is C19H15ClN4O5S. The lowest BCUT2D eigenvalue weighted by molar-refractivity contribution is -0.384. The summed E-state index contributed by atoms with van der Waals surface area (Å²) < 4.78 is 5.62. The highest BCUT2D eigenvalue weighted by Crippen LogP contribution is 2.27. The minimum atomic E-state index is -0.590. The van der Waals surface area contributed by atoms with Crippen molar-refractivity contribution in [3.05, 3.63) is 68.2 Å². The van der Waals surface area contributed by atoms with Crippen molar-refractivity contribution in [2.24, 2.45) is 0 Å². The molecule has 2 amide bonds. The molecule has 11 heteroatoms. The number of hydrogen-bond donors (Lipinski definition) is 2. The van der Waals surface area contributed by atoms with Crippen molar-refractivity contribution in [1.29, 1.82) is 0 Å². The summed E-state index contributed by atoms with van der Waals surface area (Å²) in [7, 11) is 0. The minimum absolute atomic E-state index is 0.0232. The maximum absolute atomic E-state index is 12.1. The van der Waals surface area contributed by atoms with E-state index >= 15 is 0 Å². The number of nitrogens with one attached hydrogen (secondary N) is 2. The molecule has 0 atom stereocenters. The van der Waals surface area contributed by atoms with Crippen LogP contribution in [-0.2, 0) is 16.1 Å². The van der Waals surface area contributed by atoms with Crippen molar-refractivity contribution in [3.8, 4) is 11.5 Å². The van der Waals surface area contributed by atoms with E-state index in [1.54, 1.807) is 23.6 Å². The number of nitrogens with zero attached hydrogens (tertiary/aromatic N) is 2. The number of hydrogen-bond acceptors (Lipinski definition) is 7. The maximum Gasteiger partial charge on any atom is 0.288 e. The molecule has 0 spiro atoms. The Morgan fingerprint density at radius 1 is 1.33 bits per heavy atom. The number of anilines is 1. The van der Waals surface area contributed by atoms with E-state index in [1.165, 1.54) is 42.5 Å². The summed E-state index contributed by atoms with van der Waals surface area (Å²) in [6, 6.07) is 7.70. The maximum atomic E-state index is 12.1. The Hall–Kier alpha value is -3.50. The molecule has 154 valence electrons. The van der Waals surface area contributed by atoms with Gasteiger partial charge in [-0.05, 0) is 29.8 Å². The monoisotopic (exact) mass is 446 g/mol. The number of carbonyl (C=O) groups is 2. The molecule has 2 heterocycles. The van der Waals surface area contributed by atoms with Crippen LogP contribution in [-0.4, -0.2) is 21.7 Å². The molecule has 0 radical (unpaired) electrons. The number of furan rings is 1. The topological polar surface area (TPSA) is 127 Å². The molecule has 9 nitrogen and oxygen atoms in total. The fourth-order valence-electron chi connectivity index (χ4n) is 2.36. The molecule has 0 aliphatic heterocycles. The summed E-state index contributed by atoms with van der Waals surface area (Å²) >= 11 is 6.99. The van der Waals surface area contributed by atoms with Crippen LogP contribution in [0.15, 0.2) is 46.2 Å². The number of nitro groups is 1. The van der Waals surface area contributed by atoms with Gasteiger partial charge in [-0.25, -0.2) is 4.98 Å². The molecule has 0 unspecified atom stereocenters. The van der Waals surface area contributed by atoms with Gasteiger partial charge in [0, 0.05) is 24.4 Å². The third kappa shape index (κ3) is 5.52. The van der Waals surface area contributed by atoms with Crippen molar-refractivity contribution in [1.82, 2.24) is 10.3 Å². The second-order valence-electron chi connectivity index (χ2n) is 6.00. The van der Waals surface area contributed by atoms with Crippen LogP contribution in [0.1, 0.15) is 18.2 Å². The first kappa shape index (κ1) is 21.2. The number of carbonyl (C=O) groups excluding carboxylic acids is 2. The van der Waals surface area contributed by atoms with Gasteiger partial charge in [-0.15, -0.1) is 11.3 Å². The second kappa shape index (κ2) is 9.33. The first-order valence-corrected chi connectivity index (χ1v) is 9.79. The van der Waals surface area contributed by atoms with E-state index in [2.05, 4.69) is 15.6 Å². The Bertz CT molecular complexity index is 1140. The largest absolute Gasteiger partial charge is 0.458 e. The van der Waals surface area contributed by atoms with Gasteiger partial charge in [-0.1, -0.05) is 17.7 Å². The molecular weight excluding hydrogens is 432 g/mol. The lowest BCUT2D eigenvalue weighted by Gasteiger charge is -1.98. The zero-order valence-corrected chi connectivity index (χ0v) is 17.1.